The molecule has 0 N–H and O–H groups in total. The first-order chi connectivity index (χ1) is 10.7. The van der Waals surface area contributed by atoms with E-state index in [1.165, 1.54) is 0 Å². The second-order valence-electron chi connectivity index (χ2n) is 4.92. The summed E-state index contributed by atoms with van der Waals surface area (Å²) in [5.74, 6) is 0.701. The lowest BCUT2D eigenvalue weighted by molar-refractivity contribution is 0.108. The minimum absolute atomic E-state index is 0. The Hall–Kier alpha value is -2.43. The summed E-state index contributed by atoms with van der Waals surface area (Å²) < 4.78 is 1.79. The van der Waals surface area contributed by atoms with Crippen molar-refractivity contribution in [2.24, 2.45) is 0 Å². The van der Waals surface area contributed by atoms with Gasteiger partial charge in [-0.15, -0.1) is 12.4 Å². The molecule has 0 unspecified atom stereocenters. The van der Waals surface area contributed by atoms with Crippen molar-refractivity contribution in [2.75, 3.05) is 0 Å². The largest absolute Gasteiger partial charge is 0.285 e. The number of benzene rings is 1. The molecule has 0 bridgehead atoms. The third-order valence-corrected chi connectivity index (χ3v) is 3.81. The summed E-state index contributed by atoms with van der Waals surface area (Å²) >= 11 is 5.68. The minimum atomic E-state index is -0.502. The number of rotatable bonds is 2. The van der Waals surface area contributed by atoms with E-state index in [0.717, 1.165) is 16.3 Å². The maximum Gasteiger partial charge on any atom is 0.254 e. The molecular weight excluding hydrogens is 333 g/mol. The summed E-state index contributed by atoms with van der Waals surface area (Å²) in [5.41, 5.74) is 1.98. The number of carbonyl (C=O) groups excluding carboxylic acids is 1. The maximum absolute atomic E-state index is 11.6. The summed E-state index contributed by atoms with van der Waals surface area (Å²) in [5, 5.41) is 1.28. The summed E-state index contributed by atoms with van der Waals surface area (Å²) in [6, 6.07) is 15.4. The van der Waals surface area contributed by atoms with Crippen molar-refractivity contribution in [3.8, 4) is 5.82 Å². The maximum atomic E-state index is 11.6. The Morgan fingerprint density at radius 2 is 1.87 bits per heavy atom. The van der Waals surface area contributed by atoms with Crippen LogP contribution in [0.4, 0.5) is 0 Å². The summed E-state index contributed by atoms with van der Waals surface area (Å²) in [7, 11) is 0. The zero-order valence-corrected chi connectivity index (χ0v) is 13.4. The number of fused-ring (bicyclic) bond motifs is 2. The number of aromatic nitrogens is 3. The number of pyridine rings is 2. The van der Waals surface area contributed by atoms with Crippen LogP contribution < -0.4 is 0 Å². The standard InChI is InChI=1S/C17H10ClN3O.ClH/c18-16(22)13-10-21(17-12(13)5-3-9-19-17)15-8-7-11-4-1-2-6-14(11)20-15;/h1-10H;1H. The van der Waals surface area contributed by atoms with Crippen molar-refractivity contribution >= 4 is 51.2 Å². The normalized spacial score (nSPS) is 10.7. The zero-order chi connectivity index (χ0) is 15.1. The highest BCUT2D eigenvalue weighted by atomic mass is 35.5. The molecule has 3 heterocycles. The van der Waals surface area contributed by atoms with Crippen LogP contribution in [-0.2, 0) is 0 Å². The van der Waals surface area contributed by atoms with Gasteiger partial charge in [-0.2, -0.15) is 0 Å². The van der Waals surface area contributed by atoms with Crippen LogP contribution in [0.5, 0.6) is 0 Å². The Morgan fingerprint density at radius 3 is 2.70 bits per heavy atom. The zero-order valence-electron chi connectivity index (χ0n) is 11.8. The number of halogens is 2. The third kappa shape index (κ3) is 2.56. The smallest absolute Gasteiger partial charge is 0.254 e. The lowest BCUT2D eigenvalue weighted by atomic mass is 10.2. The van der Waals surface area contributed by atoms with Gasteiger partial charge in [0.2, 0.25) is 0 Å². The molecule has 0 fully saturated rings. The summed E-state index contributed by atoms with van der Waals surface area (Å²) in [6.07, 6.45) is 3.37. The van der Waals surface area contributed by atoms with E-state index in [1.807, 2.05) is 42.5 Å². The van der Waals surface area contributed by atoms with Gasteiger partial charge in [-0.1, -0.05) is 18.2 Å². The molecule has 0 aliphatic rings. The van der Waals surface area contributed by atoms with E-state index in [0.29, 0.717) is 17.0 Å². The molecule has 0 radical (unpaired) electrons. The van der Waals surface area contributed by atoms with Crippen LogP contribution in [0.2, 0.25) is 0 Å². The van der Waals surface area contributed by atoms with Gasteiger partial charge in [0, 0.05) is 23.2 Å². The van der Waals surface area contributed by atoms with E-state index < -0.39 is 5.24 Å². The quantitative estimate of drug-likeness (QED) is 0.507. The van der Waals surface area contributed by atoms with Crippen molar-refractivity contribution in [1.29, 1.82) is 0 Å². The highest BCUT2D eigenvalue weighted by Gasteiger charge is 2.15. The average molecular weight is 344 g/mol. The van der Waals surface area contributed by atoms with E-state index in [2.05, 4.69) is 9.97 Å². The monoisotopic (exact) mass is 343 g/mol. The average Bonchev–Trinajstić information content (AvgIpc) is 2.94. The van der Waals surface area contributed by atoms with Gasteiger partial charge in [0.15, 0.2) is 0 Å². The fourth-order valence-corrected chi connectivity index (χ4v) is 2.73. The Morgan fingerprint density at radius 1 is 1.04 bits per heavy atom. The van der Waals surface area contributed by atoms with Gasteiger partial charge in [0.1, 0.15) is 11.5 Å². The summed E-state index contributed by atoms with van der Waals surface area (Å²) in [6.45, 7) is 0. The van der Waals surface area contributed by atoms with Crippen molar-refractivity contribution in [3.63, 3.8) is 0 Å². The van der Waals surface area contributed by atoms with Crippen LogP contribution in [0.25, 0.3) is 27.8 Å². The predicted octanol–water partition coefficient (Wildman–Crippen LogP) is 4.37. The van der Waals surface area contributed by atoms with Gasteiger partial charge in [0.25, 0.3) is 5.24 Å². The molecule has 4 nitrogen and oxygen atoms in total. The minimum Gasteiger partial charge on any atom is -0.285 e. The topological polar surface area (TPSA) is 47.8 Å². The number of nitrogens with zero attached hydrogens (tertiary/aromatic N) is 3. The fraction of sp³-hybridized carbons (Fsp3) is 0. The van der Waals surface area contributed by atoms with Crippen LogP contribution in [-0.4, -0.2) is 19.8 Å². The SMILES string of the molecule is Cl.O=C(Cl)c1cn(-c2ccc3ccccc3n2)c2ncccc12. The molecule has 6 heteroatoms. The Balaban J connectivity index is 0.00000156. The molecule has 114 valence electrons. The first kappa shape index (κ1) is 15.5. The van der Waals surface area contributed by atoms with Crippen LogP contribution in [0, 0.1) is 0 Å². The first-order valence-corrected chi connectivity index (χ1v) is 7.14. The van der Waals surface area contributed by atoms with Gasteiger partial charge in [-0.05, 0) is 41.9 Å². The molecule has 4 aromatic rings. The second-order valence-corrected chi connectivity index (χ2v) is 5.27. The van der Waals surface area contributed by atoms with Crippen molar-refractivity contribution in [3.05, 3.63) is 66.5 Å². The van der Waals surface area contributed by atoms with Gasteiger partial charge in [-0.25, -0.2) is 9.97 Å². The van der Waals surface area contributed by atoms with Gasteiger partial charge >= 0.3 is 0 Å². The number of carbonyl (C=O) groups is 1. The van der Waals surface area contributed by atoms with Crippen molar-refractivity contribution in [2.45, 2.75) is 0 Å². The van der Waals surface area contributed by atoms with Crippen molar-refractivity contribution in [1.82, 2.24) is 14.5 Å². The molecular formula is C17H11Cl2N3O. The molecule has 0 saturated carbocycles. The molecule has 0 amide bonds. The number of hydrogen-bond donors (Lipinski definition) is 0. The molecule has 3 aromatic heterocycles. The van der Waals surface area contributed by atoms with E-state index in [9.17, 15) is 4.79 Å². The Kier molecular flexibility index (Phi) is 4.03. The van der Waals surface area contributed by atoms with Gasteiger partial charge in [-0.3, -0.25) is 9.36 Å². The fourth-order valence-electron chi connectivity index (χ4n) is 2.58. The molecule has 0 atom stereocenters. The lowest BCUT2D eigenvalue weighted by Crippen LogP contribution is -1.97. The second kappa shape index (κ2) is 5.99. The van der Waals surface area contributed by atoms with Gasteiger partial charge in [0.05, 0.1) is 11.1 Å². The molecule has 0 spiro atoms. The van der Waals surface area contributed by atoms with Crippen molar-refractivity contribution < 1.29 is 4.79 Å². The van der Waals surface area contributed by atoms with Crippen LogP contribution in [0.3, 0.4) is 0 Å². The molecule has 4 rings (SSSR count). The van der Waals surface area contributed by atoms with Gasteiger partial charge < -0.3 is 0 Å². The van der Waals surface area contributed by atoms with E-state index in [4.69, 9.17) is 11.6 Å². The lowest BCUT2D eigenvalue weighted by Gasteiger charge is -2.05. The Bertz CT molecular complexity index is 1030. The van der Waals surface area contributed by atoms with E-state index in [-0.39, 0.29) is 12.4 Å². The molecule has 0 saturated heterocycles. The van der Waals surface area contributed by atoms with Crippen LogP contribution >= 0.6 is 24.0 Å². The number of para-hydroxylation sites is 1. The number of hydrogen-bond acceptors (Lipinski definition) is 3. The van der Waals surface area contributed by atoms with E-state index >= 15 is 0 Å². The molecule has 0 aliphatic carbocycles. The highest BCUT2D eigenvalue weighted by molar-refractivity contribution is 6.68. The Labute approximate surface area is 143 Å². The van der Waals surface area contributed by atoms with Crippen LogP contribution in [0.1, 0.15) is 10.4 Å². The predicted molar refractivity (Wildman–Crippen MR) is 93.8 cm³/mol. The third-order valence-electron chi connectivity index (χ3n) is 3.61. The highest BCUT2D eigenvalue weighted by Crippen LogP contribution is 2.24. The summed E-state index contributed by atoms with van der Waals surface area (Å²) in [4.78, 5) is 20.6. The first-order valence-electron chi connectivity index (χ1n) is 6.76. The van der Waals surface area contributed by atoms with Crippen LogP contribution in [0.15, 0.2) is 60.9 Å². The molecule has 23 heavy (non-hydrogen) atoms. The molecule has 1 aromatic carbocycles. The van der Waals surface area contributed by atoms with E-state index in [1.54, 1.807) is 23.0 Å². The molecule has 0 aliphatic heterocycles.